The van der Waals surface area contributed by atoms with Crippen molar-refractivity contribution in [1.82, 2.24) is 9.47 Å². The van der Waals surface area contributed by atoms with Gasteiger partial charge in [-0.3, -0.25) is 9.59 Å². The number of carbonyl (C=O) groups is 2. The molecule has 33 heavy (non-hydrogen) atoms. The topological polar surface area (TPSA) is 86.8 Å². The molecular weight excluding hydrogens is 442 g/mol. The Morgan fingerprint density at radius 1 is 1.06 bits per heavy atom. The summed E-state index contributed by atoms with van der Waals surface area (Å²) in [4.78, 5) is 27.5. The minimum Gasteiger partial charge on any atom is -0.493 e. The van der Waals surface area contributed by atoms with Gasteiger partial charge in [0.2, 0.25) is 11.8 Å². The number of halogens is 1. The minimum atomic E-state index is -0.737. The average Bonchev–Trinajstić information content (AvgIpc) is 3.35. The summed E-state index contributed by atoms with van der Waals surface area (Å²) in [5.41, 5.74) is 8.49. The molecule has 7 nitrogen and oxygen atoms in total. The first kappa shape index (κ1) is 22.7. The standard InChI is InChI=1S/C25H26ClN3O4/c1-32-22-12-17-11-21(25(27)31)29(15-18(17)13-23(22)33-2)24(30)14-20(28-9-3-4-10-28)16-5-7-19(26)8-6-16/h3-10,12-13,20-21H,11,14-15H2,1-2H3,(H2,27,31)/t20-,21+/m1/s1. The van der Waals surface area contributed by atoms with Crippen molar-refractivity contribution < 1.29 is 19.1 Å². The highest BCUT2D eigenvalue weighted by molar-refractivity contribution is 6.30. The highest BCUT2D eigenvalue weighted by Gasteiger charge is 2.35. The van der Waals surface area contributed by atoms with Gasteiger partial charge in [0.25, 0.3) is 0 Å². The molecule has 0 spiro atoms. The number of methoxy groups -OCH3 is 2. The summed E-state index contributed by atoms with van der Waals surface area (Å²) < 4.78 is 12.8. The summed E-state index contributed by atoms with van der Waals surface area (Å²) in [7, 11) is 3.13. The van der Waals surface area contributed by atoms with Crippen LogP contribution in [0.25, 0.3) is 0 Å². The molecule has 2 amide bonds. The number of ether oxygens (including phenoxy) is 2. The van der Waals surface area contributed by atoms with Gasteiger partial charge in [-0.15, -0.1) is 0 Å². The van der Waals surface area contributed by atoms with E-state index in [-0.39, 0.29) is 24.9 Å². The second-order valence-electron chi connectivity index (χ2n) is 8.02. The lowest BCUT2D eigenvalue weighted by atomic mass is 9.92. The van der Waals surface area contributed by atoms with E-state index in [1.54, 1.807) is 31.3 Å². The van der Waals surface area contributed by atoms with Crippen LogP contribution in [-0.4, -0.2) is 41.5 Å². The SMILES string of the molecule is COc1cc2c(cc1OC)CN(C(=O)C[C@H](c1ccc(Cl)cc1)n1cccc1)[C@H](C(N)=O)C2. The number of hydrogen-bond donors (Lipinski definition) is 1. The van der Waals surface area contributed by atoms with E-state index in [2.05, 4.69) is 0 Å². The van der Waals surface area contributed by atoms with Gasteiger partial charge in [0.15, 0.2) is 11.5 Å². The molecule has 2 N–H and O–H groups in total. The number of hydrogen-bond acceptors (Lipinski definition) is 4. The second kappa shape index (κ2) is 9.58. The van der Waals surface area contributed by atoms with Crippen LogP contribution < -0.4 is 15.2 Å². The Hall–Kier alpha value is -3.45. The van der Waals surface area contributed by atoms with Gasteiger partial charge in [0.1, 0.15) is 6.04 Å². The maximum Gasteiger partial charge on any atom is 0.240 e. The number of aromatic nitrogens is 1. The van der Waals surface area contributed by atoms with Gasteiger partial charge in [-0.25, -0.2) is 0 Å². The van der Waals surface area contributed by atoms with E-state index in [0.29, 0.717) is 22.9 Å². The molecule has 0 bridgehead atoms. The predicted molar refractivity (Wildman–Crippen MR) is 125 cm³/mol. The summed E-state index contributed by atoms with van der Waals surface area (Å²) in [6.07, 6.45) is 4.33. The van der Waals surface area contributed by atoms with E-state index in [1.807, 2.05) is 53.4 Å². The zero-order chi connectivity index (χ0) is 23.5. The van der Waals surface area contributed by atoms with E-state index in [1.165, 1.54) is 0 Å². The van der Waals surface area contributed by atoms with Crippen molar-refractivity contribution in [3.8, 4) is 11.5 Å². The Morgan fingerprint density at radius 2 is 1.67 bits per heavy atom. The molecule has 0 aliphatic carbocycles. The van der Waals surface area contributed by atoms with Crippen LogP contribution in [0.4, 0.5) is 0 Å². The van der Waals surface area contributed by atoms with Crippen LogP contribution in [0.1, 0.15) is 29.2 Å². The molecule has 2 heterocycles. The Balaban J connectivity index is 1.65. The summed E-state index contributed by atoms with van der Waals surface area (Å²) >= 11 is 6.06. The Morgan fingerprint density at radius 3 is 2.24 bits per heavy atom. The number of amides is 2. The zero-order valence-electron chi connectivity index (χ0n) is 18.5. The summed E-state index contributed by atoms with van der Waals surface area (Å²) in [6, 6.07) is 14.0. The molecule has 1 aromatic heterocycles. The van der Waals surface area contributed by atoms with Crippen molar-refractivity contribution in [2.24, 2.45) is 5.73 Å². The molecule has 0 saturated heterocycles. The largest absolute Gasteiger partial charge is 0.493 e. The fourth-order valence-electron chi connectivity index (χ4n) is 4.35. The van der Waals surface area contributed by atoms with E-state index in [0.717, 1.165) is 16.7 Å². The number of primary amides is 1. The summed E-state index contributed by atoms with van der Waals surface area (Å²) in [5, 5.41) is 0.627. The molecule has 2 atom stereocenters. The van der Waals surface area contributed by atoms with Gasteiger partial charge in [-0.2, -0.15) is 0 Å². The molecule has 172 valence electrons. The number of rotatable bonds is 7. The second-order valence-corrected chi connectivity index (χ2v) is 8.46. The fraction of sp³-hybridized carbons (Fsp3) is 0.280. The normalized spacial score (nSPS) is 16.1. The lowest BCUT2D eigenvalue weighted by molar-refractivity contribution is -0.141. The van der Waals surface area contributed by atoms with Gasteiger partial charge in [-0.1, -0.05) is 23.7 Å². The first-order valence-corrected chi connectivity index (χ1v) is 11.0. The fourth-order valence-corrected chi connectivity index (χ4v) is 4.47. The minimum absolute atomic E-state index is 0.159. The molecule has 8 heteroatoms. The maximum absolute atomic E-state index is 13.6. The van der Waals surface area contributed by atoms with Gasteiger partial charge in [0.05, 0.1) is 26.7 Å². The van der Waals surface area contributed by atoms with Crippen LogP contribution in [-0.2, 0) is 22.6 Å². The molecule has 1 aliphatic rings. The van der Waals surface area contributed by atoms with Crippen LogP contribution >= 0.6 is 11.6 Å². The molecule has 2 aromatic carbocycles. The van der Waals surface area contributed by atoms with Gasteiger partial charge in [-0.05, 0) is 53.1 Å². The monoisotopic (exact) mass is 467 g/mol. The molecule has 4 rings (SSSR count). The molecule has 0 saturated carbocycles. The van der Waals surface area contributed by atoms with E-state index >= 15 is 0 Å². The third-order valence-corrected chi connectivity index (χ3v) is 6.35. The van der Waals surface area contributed by atoms with E-state index in [9.17, 15) is 9.59 Å². The van der Waals surface area contributed by atoms with Crippen molar-refractivity contribution in [1.29, 1.82) is 0 Å². The number of fused-ring (bicyclic) bond motifs is 1. The first-order chi connectivity index (χ1) is 15.9. The number of nitrogens with zero attached hydrogens (tertiary/aromatic N) is 2. The smallest absolute Gasteiger partial charge is 0.240 e. The van der Waals surface area contributed by atoms with Gasteiger partial charge in [0, 0.05) is 30.4 Å². The van der Waals surface area contributed by atoms with Crippen LogP contribution in [0.2, 0.25) is 5.02 Å². The molecule has 3 aromatic rings. The highest BCUT2D eigenvalue weighted by atomic mass is 35.5. The van der Waals surface area contributed by atoms with Crippen molar-refractivity contribution in [3.05, 3.63) is 82.6 Å². The zero-order valence-corrected chi connectivity index (χ0v) is 19.3. The van der Waals surface area contributed by atoms with Crippen LogP contribution in [0.5, 0.6) is 11.5 Å². The number of nitrogens with two attached hydrogens (primary N) is 1. The average molecular weight is 468 g/mol. The predicted octanol–water partition coefficient (Wildman–Crippen LogP) is 3.58. The molecular formula is C25H26ClN3O4. The van der Waals surface area contributed by atoms with Gasteiger partial charge < -0.3 is 24.7 Å². The maximum atomic E-state index is 13.6. The molecule has 0 radical (unpaired) electrons. The van der Waals surface area contributed by atoms with Gasteiger partial charge >= 0.3 is 0 Å². The number of benzene rings is 2. The summed E-state index contributed by atoms with van der Waals surface area (Å²) in [6.45, 7) is 0.265. The Labute approximate surface area is 197 Å². The van der Waals surface area contributed by atoms with Crippen LogP contribution in [0.15, 0.2) is 60.9 Å². The third-order valence-electron chi connectivity index (χ3n) is 6.09. The Kier molecular flexibility index (Phi) is 6.60. The van der Waals surface area contributed by atoms with Crippen molar-refractivity contribution in [2.45, 2.75) is 31.5 Å². The third kappa shape index (κ3) is 4.68. The lowest BCUT2D eigenvalue weighted by Crippen LogP contribution is -2.51. The highest BCUT2D eigenvalue weighted by Crippen LogP contribution is 2.35. The summed E-state index contributed by atoms with van der Waals surface area (Å²) in [5.74, 6) is 0.461. The van der Waals surface area contributed by atoms with E-state index in [4.69, 9.17) is 26.8 Å². The van der Waals surface area contributed by atoms with Crippen LogP contribution in [0, 0.1) is 0 Å². The number of carbonyl (C=O) groups excluding carboxylic acids is 2. The molecule has 1 aliphatic heterocycles. The first-order valence-electron chi connectivity index (χ1n) is 10.6. The van der Waals surface area contributed by atoms with E-state index < -0.39 is 11.9 Å². The molecule has 0 unspecified atom stereocenters. The van der Waals surface area contributed by atoms with Crippen molar-refractivity contribution >= 4 is 23.4 Å². The van der Waals surface area contributed by atoms with Crippen LogP contribution in [0.3, 0.4) is 0 Å². The molecule has 0 fully saturated rings. The lowest BCUT2D eigenvalue weighted by Gasteiger charge is -2.36. The van der Waals surface area contributed by atoms with Crippen molar-refractivity contribution in [3.63, 3.8) is 0 Å². The van der Waals surface area contributed by atoms with Crippen molar-refractivity contribution in [2.75, 3.05) is 14.2 Å². The quantitative estimate of drug-likeness (QED) is 0.575. The Bertz CT molecular complexity index is 1150.